The van der Waals surface area contributed by atoms with Crippen LogP contribution in [0.1, 0.15) is 37.3 Å². The Kier molecular flexibility index (Phi) is 3.32. The number of benzene rings is 2. The lowest BCUT2D eigenvalue weighted by Crippen LogP contribution is -2.48. The standard InChI is InChI=1S/C24H25NO3/c1-24(17-7-3-5-9-21(17)28-22-10-6-4-8-18(22)24)23(26)27-14-11-19-15-13-16(15)20(12-14)25(19)2/h3-10,14-16,19-20H,11-13H2,1-2H3/t14?,15-,16?,19?,20?/m0/s1. The molecule has 0 radical (unpaired) electrons. The van der Waals surface area contributed by atoms with Gasteiger partial charge < -0.3 is 9.47 Å². The number of hydrogen-bond donors (Lipinski definition) is 0. The summed E-state index contributed by atoms with van der Waals surface area (Å²) in [7, 11) is 2.24. The molecule has 4 heteroatoms. The van der Waals surface area contributed by atoms with Gasteiger partial charge >= 0.3 is 5.97 Å². The predicted molar refractivity (Wildman–Crippen MR) is 105 cm³/mol. The molecule has 3 heterocycles. The fourth-order valence-corrected chi connectivity index (χ4v) is 6.07. The Bertz CT molecular complexity index is 906. The number of piperidine rings is 2. The van der Waals surface area contributed by atoms with Gasteiger partial charge in [-0.2, -0.15) is 0 Å². The summed E-state index contributed by atoms with van der Waals surface area (Å²) in [5, 5.41) is 0. The molecule has 0 spiro atoms. The molecule has 1 aliphatic carbocycles. The zero-order valence-corrected chi connectivity index (χ0v) is 16.3. The van der Waals surface area contributed by atoms with Gasteiger partial charge in [-0.25, -0.2) is 0 Å². The van der Waals surface area contributed by atoms with Crippen LogP contribution in [0.3, 0.4) is 0 Å². The number of fused-ring (bicyclic) bond motifs is 7. The Morgan fingerprint density at radius 3 is 2.07 bits per heavy atom. The van der Waals surface area contributed by atoms with Gasteiger partial charge in [0.2, 0.25) is 0 Å². The predicted octanol–water partition coefficient (Wildman–Crippen LogP) is 4.12. The first kappa shape index (κ1) is 16.6. The van der Waals surface area contributed by atoms with Crippen molar-refractivity contribution in [2.24, 2.45) is 11.8 Å². The fraction of sp³-hybridized carbons (Fsp3) is 0.458. The lowest BCUT2D eigenvalue weighted by Gasteiger charge is -2.41. The molecule has 0 amide bonds. The largest absolute Gasteiger partial charge is 0.461 e. The first-order chi connectivity index (χ1) is 13.6. The van der Waals surface area contributed by atoms with Crippen molar-refractivity contribution in [3.05, 3.63) is 59.7 Å². The molecule has 3 aliphatic heterocycles. The van der Waals surface area contributed by atoms with Crippen LogP contribution < -0.4 is 4.74 Å². The highest BCUT2D eigenvalue weighted by molar-refractivity contribution is 5.90. The van der Waals surface area contributed by atoms with Crippen molar-refractivity contribution in [1.29, 1.82) is 0 Å². The molecule has 4 unspecified atom stereocenters. The summed E-state index contributed by atoms with van der Waals surface area (Å²) in [4.78, 5) is 16.2. The van der Waals surface area contributed by atoms with E-state index in [1.54, 1.807) is 0 Å². The van der Waals surface area contributed by atoms with Crippen molar-refractivity contribution in [3.8, 4) is 11.5 Å². The third-order valence-electron chi connectivity index (χ3n) is 7.69. The number of esters is 1. The van der Waals surface area contributed by atoms with Gasteiger partial charge in [0.05, 0.1) is 0 Å². The second-order valence-corrected chi connectivity index (χ2v) is 9.08. The van der Waals surface area contributed by atoms with E-state index in [-0.39, 0.29) is 12.1 Å². The van der Waals surface area contributed by atoms with E-state index in [9.17, 15) is 4.79 Å². The third-order valence-corrected chi connectivity index (χ3v) is 7.69. The summed E-state index contributed by atoms with van der Waals surface area (Å²) in [6.45, 7) is 1.98. The average molecular weight is 375 g/mol. The summed E-state index contributed by atoms with van der Waals surface area (Å²) in [5.41, 5.74) is 0.923. The molecule has 2 bridgehead atoms. The second-order valence-electron chi connectivity index (χ2n) is 9.08. The van der Waals surface area contributed by atoms with Crippen LogP contribution in [0.25, 0.3) is 0 Å². The molecule has 0 N–H and O–H groups in total. The SMILES string of the molecule is CN1C2CC(OC(=O)C3(C)c4ccccc4Oc4ccccc43)CC1[C@H]1CC21. The second kappa shape index (κ2) is 5.60. The van der Waals surface area contributed by atoms with Gasteiger partial charge in [0.15, 0.2) is 0 Å². The minimum Gasteiger partial charge on any atom is -0.461 e. The van der Waals surface area contributed by atoms with Crippen LogP contribution in [-0.2, 0) is 14.9 Å². The highest BCUT2D eigenvalue weighted by Gasteiger charge is 2.61. The van der Waals surface area contributed by atoms with Crippen LogP contribution in [-0.4, -0.2) is 36.1 Å². The lowest BCUT2D eigenvalue weighted by molar-refractivity contribution is -0.158. The molecule has 4 nitrogen and oxygen atoms in total. The van der Waals surface area contributed by atoms with Gasteiger partial charge in [-0.15, -0.1) is 0 Å². The van der Waals surface area contributed by atoms with E-state index in [4.69, 9.17) is 9.47 Å². The monoisotopic (exact) mass is 375 g/mol. The summed E-state index contributed by atoms with van der Waals surface area (Å²) >= 11 is 0. The molecule has 144 valence electrons. The number of nitrogens with zero attached hydrogens (tertiary/aromatic N) is 1. The van der Waals surface area contributed by atoms with Crippen molar-refractivity contribution in [1.82, 2.24) is 4.90 Å². The van der Waals surface area contributed by atoms with Crippen LogP contribution in [0.4, 0.5) is 0 Å². The number of hydrogen-bond acceptors (Lipinski definition) is 4. The number of carbonyl (C=O) groups is 1. The topological polar surface area (TPSA) is 38.8 Å². The maximum absolute atomic E-state index is 13.6. The molecule has 3 fully saturated rings. The van der Waals surface area contributed by atoms with Crippen LogP contribution in [0.2, 0.25) is 0 Å². The fourth-order valence-electron chi connectivity index (χ4n) is 6.07. The van der Waals surface area contributed by atoms with Gasteiger partial charge in [-0.05, 0) is 44.4 Å². The van der Waals surface area contributed by atoms with E-state index in [0.717, 1.165) is 47.3 Å². The van der Waals surface area contributed by atoms with Crippen LogP contribution >= 0.6 is 0 Å². The number of para-hydroxylation sites is 2. The van der Waals surface area contributed by atoms with Gasteiger partial charge in [-0.3, -0.25) is 9.69 Å². The first-order valence-electron chi connectivity index (χ1n) is 10.4. The van der Waals surface area contributed by atoms with Gasteiger partial charge in [0, 0.05) is 36.1 Å². The highest BCUT2D eigenvalue weighted by atomic mass is 16.5. The molecule has 1 saturated carbocycles. The Labute approximate surface area is 165 Å². The Morgan fingerprint density at radius 1 is 0.964 bits per heavy atom. The molecular formula is C24H25NO3. The Balaban J connectivity index is 1.34. The van der Waals surface area contributed by atoms with E-state index in [2.05, 4.69) is 11.9 Å². The van der Waals surface area contributed by atoms with Crippen molar-refractivity contribution in [2.75, 3.05) is 7.05 Å². The van der Waals surface area contributed by atoms with Crippen molar-refractivity contribution >= 4 is 5.97 Å². The molecule has 5 atom stereocenters. The maximum Gasteiger partial charge on any atom is 0.321 e. The zero-order chi connectivity index (χ0) is 19.0. The molecule has 2 aromatic rings. The number of rotatable bonds is 2. The minimum absolute atomic E-state index is 0.0190. The van der Waals surface area contributed by atoms with Gasteiger partial charge in [0.25, 0.3) is 0 Å². The highest BCUT2D eigenvalue weighted by Crippen LogP contribution is 2.58. The van der Waals surface area contributed by atoms with Gasteiger partial charge in [-0.1, -0.05) is 36.4 Å². The van der Waals surface area contributed by atoms with Crippen molar-refractivity contribution in [2.45, 2.75) is 49.8 Å². The van der Waals surface area contributed by atoms with Crippen LogP contribution in [0.5, 0.6) is 11.5 Å². The van der Waals surface area contributed by atoms with E-state index in [0.29, 0.717) is 12.1 Å². The third kappa shape index (κ3) is 2.12. The summed E-state index contributed by atoms with van der Waals surface area (Å²) in [5.74, 6) is 2.99. The summed E-state index contributed by atoms with van der Waals surface area (Å²) in [6.07, 6.45) is 3.33. The Hall–Kier alpha value is -2.33. The minimum atomic E-state index is -0.850. The maximum atomic E-state index is 13.6. The van der Waals surface area contributed by atoms with E-state index < -0.39 is 5.41 Å². The average Bonchev–Trinajstić information content (AvgIpc) is 3.46. The van der Waals surface area contributed by atoms with Gasteiger partial charge in [0.1, 0.15) is 23.0 Å². The van der Waals surface area contributed by atoms with Crippen molar-refractivity contribution < 1.29 is 14.3 Å². The molecule has 0 aromatic heterocycles. The molecule has 28 heavy (non-hydrogen) atoms. The Morgan fingerprint density at radius 2 is 1.50 bits per heavy atom. The molecule has 6 rings (SSSR count). The first-order valence-corrected chi connectivity index (χ1v) is 10.4. The van der Waals surface area contributed by atoms with Crippen LogP contribution in [0, 0.1) is 11.8 Å². The zero-order valence-electron chi connectivity index (χ0n) is 16.3. The lowest BCUT2D eigenvalue weighted by atomic mass is 9.74. The van der Waals surface area contributed by atoms with E-state index in [1.165, 1.54) is 6.42 Å². The van der Waals surface area contributed by atoms with E-state index in [1.807, 2.05) is 55.5 Å². The van der Waals surface area contributed by atoms with Crippen LogP contribution in [0.15, 0.2) is 48.5 Å². The quantitative estimate of drug-likeness (QED) is 0.740. The number of ether oxygens (including phenoxy) is 2. The molecular weight excluding hydrogens is 350 g/mol. The number of carbonyl (C=O) groups excluding carboxylic acids is 1. The normalized spacial score (nSPS) is 33.9. The summed E-state index contributed by atoms with van der Waals surface area (Å²) < 4.78 is 12.3. The summed E-state index contributed by atoms with van der Waals surface area (Å²) in [6, 6.07) is 16.8. The van der Waals surface area contributed by atoms with E-state index >= 15 is 0 Å². The molecule has 4 aliphatic rings. The molecule has 2 saturated heterocycles. The van der Waals surface area contributed by atoms with Crippen molar-refractivity contribution in [3.63, 3.8) is 0 Å². The molecule has 2 aromatic carbocycles. The smallest absolute Gasteiger partial charge is 0.321 e.